The number of benzene rings is 1. The first-order valence-electron chi connectivity index (χ1n) is 11.2. The Labute approximate surface area is 193 Å². The number of nitrogens with zero attached hydrogens (tertiary/aromatic N) is 3. The van der Waals surface area contributed by atoms with Crippen molar-refractivity contribution in [3.8, 4) is 5.75 Å². The Kier molecular flexibility index (Phi) is 7.45. The van der Waals surface area contributed by atoms with Crippen LogP contribution in [0.1, 0.15) is 16.9 Å². The van der Waals surface area contributed by atoms with Crippen LogP contribution in [0.5, 0.6) is 5.75 Å². The van der Waals surface area contributed by atoms with Gasteiger partial charge in [0, 0.05) is 50.7 Å². The van der Waals surface area contributed by atoms with Crippen LogP contribution in [0.3, 0.4) is 0 Å². The van der Waals surface area contributed by atoms with E-state index in [1.54, 1.807) is 23.5 Å². The molecule has 3 heterocycles. The Morgan fingerprint density at radius 1 is 1.16 bits per heavy atom. The Morgan fingerprint density at radius 3 is 2.59 bits per heavy atom. The van der Waals surface area contributed by atoms with E-state index in [0.29, 0.717) is 18.9 Å². The number of amides is 1. The van der Waals surface area contributed by atoms with Crippen molar-refractivity contribution in [2.45, 2.75) is 25.5 Å². The van der Waals surface area contributed by atoms with E-state index < -0.39 is 5.60 Å². The average Bonchev–Trinajstić information content (AvgIpc) is 3.18. The Bertz CT molecular complexity index is 898. The van der Waals surface area contributed by atoms with Crippen molar-refractivity contribution in [3.05, 3.63) is 52.0 Å². The highest BCUT2D eigenvalue weighted by molar-refractivity contribution is 7.10. The number of rotatable bonds is 7. The maximum Gasteiger partial charge on any atom is 0.225 e. The molecule has 2 saturated heterocycles. The molecular weight excluding hydrogens is 429 g/mol. The molecule has 1 aromatic carbocycles. The molecule has 1 atom stereocenters. The number of aryl methyl sites for hydroxylation is 1. The summed E-state index contributed by atoms with van der Waals surface area (Å²) >= 11 is 1.76. The first kappa shape index (κ1) is 23.2. The maximum atomic E-state index is 13.3. The van der Waals surface area contributed by atoms with Crippen molar-refractivity contribution in [3.63, 3.8) is 0 Å². The second-order valence-electron chi connectivity index (χ2n) is 8.87. The second-order valence-corrected chi connectivity index (χ2v) is 9.87. The molecule has 0 bridgehead atoms. The van der Waals surface area contributed by atoms with E-state index in [0.717, 1.165) is 39.3 Å². The molecule has 4 rings (SSSR count). The van der Waals surface area contributed by atoms with Gasteiger partial charge in [-0.1, -0.05) is 0 Å². The molecule has 0 unspecified atom stereocenters. The van der Waals surface area contributed by atoms with Crippen molar-refractivity contribution < 1.29 is 18.7 Å². The van der Waals surface area contributed by atoms with Crippen LogP contribution < -0.4 is 4.74 Å². The maximum absolute atomic E-state index is 13.3. The van der Waals surface area contributed by atoms with E-state index in [9.17, 15) is 9.18 Å². The van der Waals surface area contributed by atoms with Crippen molar-refractivity contribution in [1.82, 2.24) is 14.7 Å². The summed E-state index contributed by atoms with van der Waals surface area (Å²) in [6.45, 7) is 8.45. The number of halogens is 1. The van der Waals surface area contributed by atoms with Gasteiger partial charge in [-0.05, 0) is 55.2 Å². The number of hydrogen-bond acceptors (Lipinski definition) is 6. The quantitative estimate of drug-likeness (QED) is 0.634. The van der Waals surface area contributed by atoms with Gasteiger partial charge in [-0.25, -0.2) is 4.39 Å². The minimum absolute atomic E-state index is 0.106. The molecule has 0 saturated carbocycles. The zero-order valence-electron chi connectivity index (χ0n) is 18.9. The van der Waals surface area contributed by atoms with Gasteiger partial charge >= 0.3 is 0 Å². The largest absolute Gasteiger partial charge is 0.491 e. The monoisotopic (exact) mass is 461 g/mol. The van der Waals surface area contributed by atoms with E-state index in [1.165, 1.54) is 22.6 Å². The topological polar surface area (TPSA) is 45.3 Å². The van der Waals surface area contributed by atoms with Crippen LogP contribution >= 0.6 is 11.3 Å². The molecule has 6 nitrogen and oxygen atoms in total. The van der Waals surface area contributed by atoms with Gasteiger partial charge in [0.25, 0.3) is 0 Å². The molecule has 32 heavy (non-hydrogen) atoms. The summed E-state index contributed by atoms with van der Waals surface area (Å²) < 4.78 is 25.6. The van der Waals surface area contributed by atoms with E-state index in [4.69, 9.17) is 9.47 Å². The van der Waals surface area contributed by atoms with E-state index >= 15 is 0 Å². The third-order valence-corrected chi connectivity index (χ3v) is 7.32. The van der Waals surface area contributed by atoms with E-state index in [-0.39, 0.29) is 24.8 Å². The molecule has 0 radical (unpaired) electrons. The molecular formula is C24H32FN3O3S. The van der Waals surface area contributed by atoms with Gasteiger partial charge in [-0.3, -0.25) is 9.69 Å². The molecule has 0 N–H and O–H groups in total. The third kappa shape index (κ3) is 5.86. The summed E-state index contributed by atoms with van der Waals surface area (Å²) in [7, 11) is 2.08. The van der Waals surface area contributed by atoms with Crippen LogP contribution in [0, 0.1) is 12.7 Å². The van der Waals surface area contributed by atoms with Crippen molar-refractivity contribution in [2.24, 2.45) is 0 Å². The molecule has 0 spiro atoms. The zero-order chi connectivity index (χ0) is 22.6. The van der Waals surface area contributed by atoms with Gasteiger partial charge in [0.15, 0.2) is 0 Å². The number of ether oxygens (including phenoxy) is 2. The van der Waals surface area contributed by atoms with Crippen molar-refractivity contribution in [1.29, 1.82) is 0 Å². The molecule has 0 aliphatic carbocycles. The summed E-state index contributed by atoms with van der Waals surface area (Å²) in [6.07, 6.45) is 0.276. The smallest absolute Gasteiger partial charge is 0.225 e. The van der Waals surface area contributed by atoms with Crippen LogP contribution in [0.2, 0.25) is 0 Å². The minimum Gasteiger partial charge on any atom is -0.491 e. The average molecular weight is 462 g/mol. The lowest BCUT2D eigenvalue weighted by Crippen LogP contribution is -2.58. The third-order valence-electron chi connectivity index (χ3n) is 6.31. The van der Waals surface area contributed by atoms with Crippen LogP contribution in [-0.4, -0.2) is 85.7 Å². The van der Waals surface area contributed by atoms with Crippen molar-refractivity contribution in [2.75, 3.05) is 59.5 Å². The Balaban J connectivity index is 1.47. The lowest BCUT2D eigenvalue weighted by Gasteiger charge is -2.43. The number of piperazine rings is 1. The van der Waals surface area contributed by atoms with E-state index in [2.05, 4.69) is 35.2 Å². The molecule has 8 heteroatoms. The highest BCUT2D eigenvalue weighted by Crippen LogP contribution is 2.28. The molecule has 2 fully saturated rings. The highest BCUT2D eigenvalue weighted by Gasteiger charge is 2.41. The van der Waals surface area contributed by atoms with Gasteiger partial charge in [0.1, 0.15) is 23.8 Å². The van der Waals surface area contributed by atoms with E-state index in [1.807, 2.05) is 4.90 Å². The number of likely N-dealkylation sites (N-methyl/N-ethyl adjacent to an activating group) is 1. The van der Waals surface area contributed by atoms with Crippen LogP contribution in [-0.2, 0) is 16.1 Å². The summed E-state index contributed by atoms with van der Waals surface area (Å²) in [6, 6.07) is 8.13. The Hall–Kier alpha value is -2.00. The first-order valence-corrected chi connectivity index (χ1v) is 12.0. The number of morpholine rings is 1. The van der Waals surface area contributed by atoms with Crippen LogP contribution in [0.15, 0.2) is 35.7 Å². The van der Waals surface area contributed by atoms with Gasteiger partial charge in [-0.15, -0.1) is 11.3 Å². The second kappa shape index (κ2) is 10.3. The van der Waals surface area contributed by atoms with Gasteiger partial charge in [0.05, 0.1) is 13.0 Å². The first-order chi connectivity index (χ1) is 15.4. The normalized spacial score (nSPS) is 22.8. The van der Waals surface area contributed by atoms with Gasteiger partial charge in [-0.2, -0.15) is 0 Å². The SMILES string of the molecule is Cc1ccsc1CN1CCO[C@@](COc2ccc(F)cc2)(CC(=O)N2CCN(C)CC2)C1. The predicted molar refractivity (Wildman–Crippen MR) is 124 cm³/mol. The summed E-state index contributed by atoms with van der Waals surface area (Å²) in [5.74, 6) is 0.381. The van der Waals surface area contributed by atoms with Gasteiger partial charge < -0.3 is 19.3 Å². The minimum atomic E-state index is -0.738. The molecule has 2 aliphatic rings. The lowest BCUT2D eigenvalue weighted by atomic mass is 9.96. The molecule has 2 aliphatic heterocycles. The van der Waals surface area contributed by atoms with Crippen LogP contribution in [0.4, 0.5) is 4.39 Å². The fourth-order valence-corrected chi connectivity index (χ4v) is 5.21. The standard InChI is InChI=1S/C24H32FN3O3S/c1-19-7-14-32-22(19)16-27-12-13-31-24(17-27,18-30-21-5-3-20(25)4-6-21)15-23(29)28-10-8-26(2)9-11-28/h3-7,14H,8-13,15-18H2,1-2H3/t24-/m0/s1. The number of carbonyl (C=O) groups excluding carboxylic acids is 1. The Morgan fingerprint density at radius 2 is 1.91 bits per heavy atom. The number of carbonyl (C=O) groups is 1. The fourth-order valence-electron chi connectivity index (χ4n) is 4.26. The van der Waals surface area contributed by atoms with Gasteiger partial charge in [0.2, 0.25) is 5.91 Å². The van der Waals surface area contributed by atoms with Crippen LogP contribution in [0.25, 0.3) is 0 Å². The summed E-state index contributed by atoms with van der Waals surface area (Å²) in [4.78, 5) is 21.1. The molecule has 174 valence electrons. The fraction of sp³-hybridized carbons (Fsp3) is 0.542. The predicted octanol–water partition coefficient (Wildman–Crippen LogP) is 3.01. The molecule has 1 aromatic heterocycles. The number of hydrogen-bond donors (Lipinski definition) is 0. The summed E-state index contributed by atoms with van der Waals surface area (Å²) in [5, 5.41) is 2.12. The molecule has 1 amide bonds. The summed E-state index contributed by atoms with van der Waals surface area (Å²) in [5.41, 5.74) is 0.557. The zero-order valence-corrected chi connectivity index (χ0v) is 19.7. The van der Waals surface area contributed by atoms with Crippen molar-refractivity contribution >= 4 is 17.2 Å². The molecule has 2 aromatic rings. The highest BCUT2D eigenvalue weighted by atomic mass is 32.1. The number of thiophene rings is 1. The lowest BCUT2D eigenvalue weighted by molar-refractivity contribution is -0.157.